The first-order valence-electron chi connectivity index (χ1n) is 16.0. The summed E-state index contributed by atoms with van der Waals surface area (Å²) >= 11 is 7.34. The molecule has 2 N–H and O–H groups in total. The van der Waals surface area contributed by atoms with Crippen LogP contribution in [-0.2, 0) is 27.0 Å². The van der Waals surface area contributed by atoms with E-state index < -0.39 is 17.3 Å². The third-order valence-corrected chi connectivity index (χ3v) is 10.6. The number of anilines is 2. The number of hydrogen-bond acceptors (Lipinski definition) is 6. The second kappa shape index (κ2) is 14.8. The lowest BCUT2D eigenvalue weighted by Crippen LogP contribution is -2.61. The second-order valence-corrected chi connectivity index (χ2v) is 13.8. The number of thiocarbonyl (C=S) groups is 1. The van der Waals surface area contributed by atoms with Crippen LogP contribution in [0.4, 0.5) is 24.5 Å². The molecule has 3 aliphatic heterocycles. The number of nitrogens with zero attached hydrogens (tertiary/aromatic N) is 3. The average Bonchev–Trinajstić information content (AvgIpc) is 3.47. The minimum Gasteiger partial charge on any atom is -0.378 e. The number of carbonyl (C=O) groups excluding carboxylic acids is 2. The van der Waals surface area contributed by atoms with E-state index in [2.05, 4.69) is 15.5 Å². The number of amides is 2. The predicted octanol–water partition coefficient (Wildman–Crippen LogP) is 5.71. The summed E-state index contributed by atoms with van der Waals surface area (Å²) < 4.78 is 45.6. The van der Waals surface area contributed by atoms with Crippen molar-refractivity contribution in [1.29, 1.82) is 0 Å². The van der Waals surface area contributed by atoms with E-state index in [1.54, 1.807) is 21.6 Å². The second-order valence-electron chi connectivity index (χ2n) is 12.2. The van der Waals surface area contributed by atoms with Crippen LogP contribution in [0.15, 0.2) is 78.9 Å². The number of rotatable bonds is 9. The molecule has 3 saturated heterocycles. The van der Waals surface area contributed by atoms with Crippen molar-refractivity contribution in [2.45, 2.75) is 37.1 Å². The van der Waals surface area contributed by atoms with E-state index in [1.807, 2.05) is 54.6 Å². The molecule has 6 rings (SSSR count). The maximum Gasteiger partial charge on any atom is 0.416 e. The standard InChI is InChI=1S/C35H38F3N5O3S2/c36-35(37,38)27-8-6-25(7-9-27)22-43(31(44)24-42-23-30(40-33(42)47)26-4-2-1-3-5-26)34(14-20-48-21-15-34)32(45)39-28-10-12-29(13-11-28)41-16-18-46-19-17-41/h1-13,30H,14-24H2,(H,39,45)(H,40,47)/t30-/m0/s1. The zero-order chi connectivity index (χ0) is 33.7. The van der Waals surface area contributed by atoms with Gasteiger partial charge in [0, 0.05) is 37.6 Å². The first kappa shape index (κ1) is 34.1. The van der Waals surface area contributed by atoms with E-state index >= 15 is 0 Å². The molecule has 3 aromatic rings. The van der Waals surface area contributed by atoms with E-state index in [9.17, 15) is 22.8 Å². The molecule has 2 amide bonds. The number of carbonyl (C=O) groups is 2. The van der Waals surface area contributed by atoms with Gasteiger partial charge in [0.1, 0.15) is 5.54 Å². The van der Waals surface area contributed by atoms with E-state index in [0.717, 1.165) is 36.5 Å². The van der Waals surface area contributed by atoms with E-state index in [1.165, 1.54) is 12.1 Å². The lowest BCUT2D eigenvalue weighted by molar-refractivity contribution is -0.147. The Morgan fingerprint density at radius 3 is 2.29 bits per heavy atom. The van der Waals surface area contributed by atoms with Crippen LogP contribution in [0.1, 0.15) is 35.6 Å². The minimum absolute atomic E-state index is 0.0266. The van der Waals surface area contributed by atoms with Crippen LogP contribution in [-0.4, -0.2) is 83.2 Å². The van der Waals surface area contributed by atoms with Crippen molar-refractivity contribution in [3.63, 3.8) is 0 Å². The first-order chi connectivity index (χ1) is 23.1. The van der Waals surface area contributed by atoms with Crippen LogP contribution in [0, 0.1) is 0 Å². The van der Waals surface area contributed by atoms with Crippen molar-refractivity contribution in [2.24, 2.45) is 0 Å². The summed E-state index contributed by atoms with van der Waals surface area (Å²) in [4.78, 5) is 34.4. The summed E-state index contributed by atoms with van der Waals surface area (Å²) in [6, 6.07) is 22.1. The van der Waals surface area contributed by atoms with Crippen molar-refractivity contribution in [3.8, 4) is 0 Å². The number of morpholine rings is 1. The molecule has 0 unspecified atom stereocenters. The summed E-state index contributed by atoms with van der Waals surface area (Å²) in [7, 11) is 0. The molecule has 3 fully saturated rings. The lowest BCUT2D eigenvalue weighted by atomic mass is 9.87. The molecule has 3 heterocycles. The Kier molecular flexibility index (Phi) is 10.5. The summed E-state index contributed by atoms with van der Waals surface area (Å²) in [5.74, 6) is 0.670. The largest absolute Gasteiger partial charge is 0.416 e. The van der Waals surface area contributed by atoms with Gasteiger partial charge in [-0.05, 0) is 84.1 Å². The Bertz CT molecular complexity index is 1580. The first-order valence-corrected chi connectivity index (χ1v) is 17.6. The van der Waals surface area contributed by atoms with E-state index in [-0.39, 0.29) is 30.9 Å². The van der Waals surface area contributed by atoms with Crippen molar-refractivity contribution in [1.82, 2.24) is 15.1 Å². The highest BCUT2D eigenvalue weighted by Crippen LogP contribution is 2.37. The van der Waals surface area contributed by atoms with Gasteiger partial charge >= 0.3 is 6.18 Å². The highest BCUT2D eigenvalue weighted by molar-refractivity contribution is 7.99. The van der Waals surface area contributed by atoms with Crippen molar-refractivity contribution >= 4 is 52.3 Å². The van der Waals surface area contributed by atoms with Gasteiger partial charge in [-0.25, -0.2) is 0 Å². The van der Waals surface area contributed by atoms with Crippen LogP contribution in [0.5, 0.6) is 0 Å². The number of hydrogen-bond donors (Lipinski definition) is 2. The van der Waals surface area contributed by atoms with Gasteiger partial charge in [0.2, 0.25) is 11.8 Å². The number of alkyl halides is 3. The van der Waals surface area contributed by atoms with E-state index in [4.69, 9.17) is 17.0 Å². The Labute approximate surface area is 288 Å². The number of thioether (sulfide) groups is 1. The van der Waals surface area contributed by atoms with Gasteiger partial charge < -0.3 is 30.1 Å². The van der Waals surface area contributed by atoms with Gasteiger partial charge in [0.15, 0.2) is 5.11 Å². The smallest absolute Gasteiger partial charge is 0.378 e. The summed E-state index contributed by atoms with van der Waals surface area (Å²) in [6.45, 7) is 3.26. The predicted molar refractivity (Wildman–Crippen MR) is 186 cm³/mol. The maximum absolute atomic E-state index is 14.4. The van der Waals surface area contributed by atoms with Gasteiger partial charge in [-0.1, -0.05) is 42.5 Å². The fourth-order valence-corrected chi connectivity index (χ4v) is 7.91. The number of nitrogens with one attached hydrogen (secondary N) is 2. The topological polar surface area (TPSA) is 77.2 Å². The minimum atomic E-state index is -4.49. The zero-order valence-corrected chi connectivity index (χ0v) is 28.0. The van der Waals surface area contributed by atoms with Crippen LogP contribution in [0.25, 0.3) is 0 Å². The highest BCUT2D eigenvalue weighted by Gasteiger charge is 2.48. The van der Waals surface area contributed by atoms with Crippen LogP contribution >= 0.6 is 24.0 Å². The van der Waals surface area contributed by atoms with Gasteiger partial charge in [-0.3, -0.25) is 9.59 Å². The molecule has 48 heavy (non-hydrogen) atoms. The SMILES string of the molecule is O=C(CN1C[C@@H](c2ccccc2)NC1=S)N(Cc1ccc(C(F)(F)F)cc1)C1(C(=O)Nc2ccc(N3CCOCC3)cc2)CCSCC1. The number of halogens is 3. The molecule has 0 bridgehead atoms. The monoisotopic (exact) mass is 697 g/mol. The molecular weight excluding hydrogens is 660 g/mol. The number of benzene rings is 3. The van der Waals surface area contributed by atoms with Gasteiger partial charge in [-0.15, -0.1) is 0 Å². The number of ether oxygens (including phenoxy) is 1. The summed E-state index contributed by atoms with van der Waals surface area (Å²) in [6.07, 6.45) is -3.69. The quantitative estimate of drug-likeness (QED) is 0.276. The normalized spacial score (nSPS) is 19.5. The van der Waals surface area contributed by atoms with Crippen LogP contribution in [0.2, 0.25) is 0 Å². The van der Waals surface area contributed by atoms with Crippen molar-refractivity contribution in [2.75, 3.05) is 61.1 Å². The van der Waals surface area contributed by atoms with Gasteiger partial charge in [0.25, 0.3) is 0 Å². The molecule has 0 aromatic heterocycles. The van der Waals surface area contributed by atoms with Crippen molar-refractivity contribution in [3.05, 3.63) is 95.6 Å². The summed E-state index contributed by atoms with van der Waals surface area (Å²) in [5, 5.41) is 6.81. The molecule has 0 saturated carbocycles. The molecule has 0 spiro atoms. The molecule has 254 valence electrons. The Hall–Kier alpha value is -3.81. The molecule has 3 aliphatic rings. The molecule has 13 heteroatoms. The lowest BCUT2D eigenvalue weighted by Gasteiger charge is -2.45. The fourth-order valence-electron chi connectivity index (χ4n) is 6.46. The molecule has 3 aromatic carbocycles. The average molecular weight is 698 g/mol. The maximum atomic E-state index is 14.4. The molecule has 0 radical (unpaired) electrons. The van der Waals surface area contributed by atoms with Gasteiger partial charge in [-0.2, -0.15) is 24.9 Å². The van der Waals surface area contributed by atoms with Crippen molar-refractivity contribution < 1.29 is 27.5 Å². The fraction of sp³-hybridized carbons (Fsp3) is 0.400. The third-order valence-electron chi connectivity index (χ3n) is 9.20. The zero-order valence-electron chi connectivity index (χ0n) is 26.4. The third kappa shape index (κ3) is 7.74. The van der Waals surface area contributed by atoms with Crippen LogP contribution < -0.4 is 15.5 Å². The Morgan fingerprint density at radius 1 is 0.979 bits per heavy atom. The van der Waals surface area contributed by atoms with Crippen LogP contribution in [0.3, 0.4) is 0 Å². The molecule has 1 atom stereocenters. The Morgan fingerprint density at radius 2 is 1.65 bits per heavy atom. The highest BCUT2D eigenvalue weighted by atomic mass is 32.2. The molecule has 8 nitrogen and oxygen atoms in total. The molecular formula is C35H38F3N5O3S2. The summed E-state index contributed by atoms with van der Waals surface area (Å²) in [5.41, 5.74) is 1.18. The van der Waals surface area contributed by atoms with Gasteiger partial charge in [0.05, 0.1) is 31.4 Å². The Balaban J connectivity index is 1.27. The molecule has 0 aliphatic carbocycles. The van der Waals surface area contributed by atoms with E-state index in [0.29, 0.717) is 60.5 Å².